The van der Waals surface area contributed by atoms with E-state index in [-0.39, 0.29) is 12.5 Å². The Morgan fingerprint density at radius 2 is 1.70 bits per heavy atom. The number of aliphatic hydroxyl groups excluding tert-OH is 1. The van der Waals surface area contributed by atoms with Crippen molar-refractivity contribution >= 4 is 28.3 Å². The largest absolute Gasteiger partial charge is 0.387 e. The highest BCUT2D eigenvalue weighted by atomic mass is 35.5. The first-order valence-electron chi connectivity index (χ1n) is 7.35. The monoisotopic (exact) mass is 325 g/mol. The number of fused-ring (bicyclic) bond motifs is 1. The Labute approximate surface area is 139 Å². The van der Waals surface area contributed by atoms with Crippen LogP contribution in [0.5, 0.6) is 0 Å². The van der Waals surface area contributed by atoms with Gasteiger partial charge in [0.05, 0.1) is 16.7 Å². The molecule has 1 unspecified atom stereocenters. The number of nitrogens with one attached hydrogen (secondary N) is 1. The molecule has 3 aromatic rings. The highest BCUT2D eigenvalue weighted by molar-refractivity contribution is 6.33. The first-order valence-corrected chi connectivity index (χ1v) is 7.73. The fourth-order valence-electron chi connectivity index (χ4n) is 2.58. The van der Waals surface area contributed by atoms with Gasteiger partial charge in [-0.1, -0.05) is 66.2 Å². The normalized spacial score (nSPS) is 12.1. The molecule has 0 radical (unpaired) electrons. The van der Waals surface area contributed by atoms with Gasteiger partial charge in [-0.05, 0) is 28.5 Å². The predicted octanol–water partition coefficient (Wildman–Crippen LogP) is 3.96. The van der Waals surface area contributed by atoms with Gasteiger partial charge in [0.2, 0.25) is 0 Å². The molecule has 0 aliphatic carbocycles. The van der Waals surface area contributed by atoms with E-state index in [0.29, 0.717) is 10.6 Å². The second-order valence-corrected chi connectivity index (χ2v) is 5.68. The molecule has 3 aromatic carbocycles. The summed E-state index contributed by atoms with van der Waals surface area (Å²) in [5.74, 6) is -0.296. The minimum Gasteiger partial charge on any atom is -0.387 e. The van der Waals surface area contributed by atoms with Gasteiger partial charge in [0, 0.05) is 6.54 Å². The van der Waals surface area contributed by atoms with Crippen molar-refractivity contribution in [2.75, 3.05) is 6.54 Å². The summed E-state index contributed by atoms with van der Waals surface area (Å²) in [5, 5.41) is 15.6. The van der Waals surface area contributed by atoms with Crippen molar-refractivity contribution in [1.82, 2.24) is 5.32 Å². The average Bonchev–Trinajstić information content (AvgIpc) is 2.59. The standard InChI is InChI=1S/C19H16ClNO2/c20-17-11-4-3-9-16(17)19(23)21-12-18(22)15-10-5-7-13-6-1-2-8-14(13)15/h1-11,18,22H,12H2,(H,21,23). The van der Waals surface area contributed by atoms with Gasteiger partial charge in [-0.2, -0.15) is 0 Å². The maximum absolute atomic E-state index is 12.2. The van der Waals surface area contributed by atoms with Crippen molar-refractivity contribution in [2.45, 2.75) is 6.10 Å². The Balaban J connectivity index is 1.75. The van der Waals surface area contributed by atoms with Gasteiger partial charge in [-0.3, -0.25) is 4.79 Å². The van der Waals surface area contributed by atoms with Crippen molar-refractivity contribution < 1.29 is 9.90 Å². The van der Waals surface area contributed by atoms with Crippen molar-refractivity contribution in [1.29, 1.82) is 0 Å². The molecule has 1 atom stereocenters. The summed E-state index contributed by atoms with van der Waals surface area (Å²) in [4.78, 5) is 12.2. The van der Waals surface area contributed by atoms with E-state index in [9.17, 15) is 9.90 Å². The molecule has 0 bridgehead atoms. The summed E-state index contributed by atoms with van der Waals surface area (Å²) in [6.45, 7) is 0.123. The number of carbonyl (C=O) groups excluding carboxylic acids is 1. The fourth-order valence-corrected chi connectivity index (χ4v) is 2.80. The van der Waals surface area contributed by atoms with E-state index in [0.717, 1.165) is 16.3 Å². The molecule has 0 saturated heterocycles. The van der Waals surface area contributed by atoms with Crippen LogP contribution in [0.2, 0.25) is 5.02 Å². The van der Waals surface area contributed by atoms with Gasteiger partial charge in [-0.25, -0.2) is 0 Å². The third-order valence-corrected chi connectivity index (χ3v) is 4.09. The summed E-state index contributed by atoms with van der Waals surface area (Å²) < 4.78 is 0. The van der Waals surface area contributed by atoms with Gasteiger partial charge >= 0.3 is 0 Å². The molecule has 0 aliphatic rings. The molecule has 0 saturated carbocycles. The molecule has 23 heavy (non-hydrogen) atoms. The minimum absolute atomic E-state index is 0.123. The number of rotatable bonds is 4. The van der Waals surface area contributed by atoms with Gasteiger partial charge in [0.15, 0.2) is 0 Å². The van der Waals surface area contributed by atoms with Crippen LogP contribution in [0.1, 0.15) is 22.0 Å². The van der Waals surface area contributed by atoms with Crippen LogP contribution in [-0.4, -0.2) is 17.6 Å². The molecule has 0 fully saturated rings. The highest BCUT2D eigenvalue weighted by Gasteiger charge is 2.14. The van der Waals surface area contributed by atoms with Gasteiger partial charge in [0.1, 0.15) is 0 Å². The lowest BCUT2D eigenvalue weighted by molar-refractivity contribution is 0.0917. The van der Waals surface area contributed by atoms with Crippen LogP contribution < -0.4 is 5.32 Å². The lowest BCUT2D eigenvalue weighted by Gasteiger charge is -2.15. The van der Waals surface area contributed by atoms with Crippen LogP contribution in [0.15, 0.2) is 66.7 Å². The number of hydrogen-bond acceptors (Lipinski definition) is 2. The molecule has 3 rings (SSSR count). The third kappa shape index (κ3) is 3.36. The molecule has 0 heterocycles. The van der Waals surface area contributed by atoms with E-state index in [2.05, 4.69) is 5.32 Å². The first-order chi connectivity index (χ1) is 11.2. The predicted molar refractivity (Wildman–Crippen MR) is 92.7 cm³/mol. The zero-order valence-corrected chi connectivity index (χ0v) is 13.1. The fraction of sp³-hybridized carbons (Fsp3) is 0.105. The lowest BCUT2D eigenvalue weighted by atomic mass is 10.0. The van der Waals surface area contributed by atoms with E-state index in [1.807, 2.05) is 42.5 Å². The average molecular weight is 326 g/mol. The second-order valence-electron chi connectivity index (χ2n) is 5.27. The van der Waals surface area contributed by atoms with Crippen molar-refractivity contribution in [3.63, 3.8) is 0 Å². The van der Waals surface area contributed by atoms with Crippen molar-refractivity contribution in [3.8, 4) is 0 Å². The Morgan fingerprint density at radius 1 is 1.00 bits per heavy atom. The summed E-state index contributed by atoms with van der Waals surface area (Å²) in [7, 11) is 0. The van der Waals surface area contributed by atoms with Gasteiger partial charge in [0.25, 0.3) is 5.91 Å². The molecule has 116 valence electrons. The molecule has 4 heteroatoms. The second kappa shape index (κ2) is 6.82. The number of halogens is 1. The minimum atomic E-state index is -0.785. The summed E-state index contributed by atoms with van der Waals surface area (Å²) >= 11 is 6.01. The zero-order chi connectivity index (χ0) is 16.2. The van der Waals surface area contributed by atoms with Crippen LogP contribution >= 0.6 is 11.6 Å². The molecule has 0 spiro atoms. The van der Waals surface area contributed by atoms with E-state index in [4.69, 9.17) is 11.6 Å². The quantitative estimate of drug-likeness (QED) is 0.763. The Kier molecular flexibility index (Phi) is 4.60. The molecule has 0 aliphatic heterocycles. The molecule has 1 amide bonds. The molecule has 2 N–H and O–H groups in total. The molecular formula is C19H16ClNO2. The van der Waals surface area contributed by atoms with E-state index in [1.54, 1.807) is 24.3 Å². The summed E-state index contributed by atoms with van der Waals surface area (Å²) in [6, 6.07) is 20.4. The highest BCUT2D eigenvalue weighted by Crippen LogP contribution is 2.24. The van der Waals surface area contributed by atoms with E-state index in [1.165, 1.54) is 0 Å². The Morgan fingerprint density at radius 3 is 2.52 bits per heavy atom. The number of benzene rings is 3. The maximum Gasteiger partial charge on any atom is 0.252 e. The van der Waals surface area contributed by atoms with Crippen molar-refractivity contribution in [3.05, 3.63) is 82.9 Å². The number of amides is 1. The summed E-state index contributed by atoms with van der Waals surface area (Å²) in [6.07, 6.45) is -0.785. The van der Waals surface area contributed by atoms with Crippen LogP contribution in [-0.2, 0) is 0 Å². The van der Waals surface area contributed by atoms with Gasteiger partial charge in [-0.15, -0.1) is 0 Å². The van der Waals surface area contributed by atoms with Crippen LogP contribution in [0.4, 0.5) is 0 Å². The van der Waals surface area contributed by atoms with E-state index >= 15 is 0 Å². The number of aliphatic hydroxyl groups is 1. The number of hydrogen-bond donors (Lipinski definition) is 2. The van der Waals surface area contributed by atoms with Crippen LogP contribution in [0.25, 0.3) is 10.8 Å². The van der Waals surface area contributed by atoms with Gasteiger partial charge < -0.3 is 10.4 Å². The number of carbonyl (C=O) groups is 1. The maximum atomic E-state index is 12.2. The van der Waals surface area contributed by atoms with E-state index < -0.39 is 6.10 Å². The first kappa shape index (κ1) is 15.5. The molecule has 0 aromatic heterocycles. The molecular weight excluding hydrogens is 310 g/mol. The topological polar surface area (TPSA) is 49.3 Å². The Hall–Kier alpha value is -2.36. The zero-order valence-electron chi connectivity index (χ0n) is 12.4. The SMILES string of the molecule is O=C(NCC(O)c1cccc2ccccc12)c1ccccc1Cl. The molecule has 3 nitrogen and oxygen atoms in total. The summed E-state index contributed by atoms with van der Waals surface area (Å²) in [5.41, 5.74) is 1.20. The smallest absolute Gasteiger partial charge is 0.252 e. The third-order valence-electron chi connectivity index (χ3n) is 3.76. The lowest BCUT2D eigenvalue weighted by Crippen LogP contribution is -2.28. The van der Waals surface area contributed by atoms with Crippen LogP contribution in [0, 0.1) is 0 Å². The Bertz CT molecular complexity index is 842. The van der Waals surface area contributed by atoms with Crippen LogP contribution in [0.3, 0.4) is 0 Å². The van der Waals surface area contributed by atoms with Crippen molar-refractivity contribution in [2.24, 2.45) is 0 Å².